The van der Waals surface area contributed by atoms with Crippen molar-refractivity contribution in [3.63, 3.8) is 0 Å². The molecule has 6 atom stereocenters. The van der Waals surface area contributed by atoms with Crippen molar-refractivity contribution in [2.24, 2.45) is 0 Å². The number of aliphatic hydroxyl groups excluding tert-OH is 3. The number of carbonyl (C=O) groups excluding carboxylic acids is 2. The highest BCUT2D eigenvalue weighted by atomic mass is 32.2. The van der Waals surface area contributed by atoms with Gasteiger partial charge < -0.3 is 34.3 Å². The third-order valence-electron chi connectivity index (χ3n) is 5.69. The second kappa shape index (κ2) is 17.2. The Morgan fingerprint density at radius 1 is 0.833 bits per heavy atom. The first-order valence-electron chi connectivity index (χ1n) is 12.6. The van der Waals surface area contributed by atoms with Crippen LogP contribution in [0.1, 0.15) is 78.1 Å². The van der Waals surface area contributed by atoms with Crippen LogP contribution in [0.25, 0.3) is 0 Å². The highest BCUT2D eigenvalue weighted by Gasteiger charge is 2.46. The van der Waals surface area contributed by atoms with Crippen molar-refractivity contribution in [3.05, 3.63) is 0 Å². The lowest BCUT2D eigenvalue weighted by Gasteiger charge is -2.40. The standard InChI is InChI=1S/C23H42O12S/c1-3-5-7-8-10-11-18(24)32-13-16(34-19(25)12-9-6-4-2)14-33-23-22(28)21(27)20(26)17(35-23)15-36(29,30)31/h16-17,20-23,26-28H,3-15H2,1-2H3,(H,29,30,31)/t16-,17-,20-,21+,22-,23-/m1/s1. The Morgan fingerprint density at radius 2 is 1.42 bits per heavy atom. The summed E-state index contributed by atoms with van der Waals surface area (Å²) in [5, 5.41) is 30.2. The van der Waals surface area contributed by atoms with Crippen molar-refractivity contribution in [1.82, 2.24) is 0 Å². The fourth-order valence-electron chi connectivity index (χ4n) is 3.61. The van der Waals surface area contributed by atoms with Gasteiger partial charge in [0.1, 0.15) is 36.8 Å². The highest BCUT2D eigenvalue weighted by Crippen LogP contribution is 2.23. The second-order valence-electron chi connectivity index (χ2n) is 9.01. The fourth-order valence-corrected chi connectivity index (χ4v) is 4.30. The molecule has 0 aliphatic carbocycles. The maximum absolute atomic E-state index is 12.2. The summed E-state index contributed by atoms with van der Waals surface area (Å²) < 4.78 is 52.7. The van der Waals surface area contributed by atoms with Crippen LogP contribution in [0.15, 0.2) is 0 Å². The van der Waals surface area contributed by atoms with Crippen molar-refractivity contribution in [2.45, 2.75) is 115 Å². The van der Waals surface area contributed by atoms with Gasteiger partial charge in [0.25, 0.3) is 10.1 Å². The summed E-state index contributed by atoms with van der Waals surface area (Å²) in [5.74, 6) is -2.03. The van der Waals surface area contributed by atoms with Crippen LogP contribution in [0.3, 0.4) is 0 Å². The van der Waals surface area contributed by atoms with Gasteiger partial charge in [0.05, 0.1) is 6.61 Å². The van der Waals surface area contributed by atoms with Gasteiger partial charge in [-0.05, 0) is 12.8 Å². The van der Waals surface area contributed by atoms with Gasteiger partial charge in [0, 0.05) is 12.8 Å². The van der Waals surface area contributed by atoms with Crippen LogP contribution in [-0.2, 0) is 38.7 Å². The summed E-state index contributed by atoms with van der Waals surface area (Å²) in [6.07, 6.45) is -2.11. The predicted octanol–water partition coefficient (Wildman–Crippen LogP) is 1.09. The number of esters is 2. The molecule has 0 aromatic heterocycles. The van der Waals surface area contributed by atoms with Crippen LogP contribution in [0.2, 0.25) is 0 Å². The molecule has 0 unspecified atom stereocenters. The van der Waals surface area contributed by atoms with Crippen LogP contribution >= 0.6 is 0 Å². The summed E-state index contributed by atoms with van der Waals surface area (Å²) in [6.45, 7) is 3.36. The van der Waals surface area contributed by atoms with Crippen LogP contribution in [0, 0.1) is 0 Å². The van der Waals surface area contributed by atoms with Crippen molar-refractivity contribution in [3.8, 4) is 0 Å². The zero-order valence-electron chi connectivity index (χ0n) is 21.1. The molecule has 1 fully saturated rings. The maximum Gasteiger partial charge on any atom is 0.306 e. The van der Waals surface area contributed by atoms with Gasteiger partial charge in [0.15, 0.2) is 12.4 Å². The zero-order chi connectivity index (χ0) is 27.1. The normalized spacial score (nSPS) is 25.3. The fraction of sp³-hybridized carbons (Fsp3) is 0.913. The Balaban J connectivity index is 2.71. The third kappa shape index (κ3) is 13.3. The van der Waals surface area contributed by atoms with E-state index in [0.717, 1.165) is 38.5 Å². The van der Waals surface area contributed by atoms with Gasteiger partial charge in [-0.2, -0.15) is 8.42 Å². The lowest BCUT2D eigenvalue weighted by Crippen LogP contribution is -2.60. The molecule has 1 saturated heterocycles. The van der Waals surface area contributed by atoms with E-state index in [4.69, 9.17) is 23.5 Å². The van der Waals surface area contributed by atoms with Crippen LogP contribution in [0.4, 0.5) is 0 Å². The Hall–Kier alpha value is -1.35. The first-order valence-corrected chi connectivity index (χ1v) is 14.2. The number of hydrogen-bond donors (Lipinski definition) is 4. The predicted molar refractivity (Wildman–Crippen MR) is 127 cm³/mol. The Bertz CT molecular complexity index is 743. The number of carbonyl (C=O) groups is 2. The van der Waals surface area contributed by atoms with Crippen molar-refractivity contribution >= 4 is 22.1 Å². The van der Waals surface area contributed by atoms with Crippen molar-refractivity contribution in [1.29, 1.82) is 0 Å². The van der Waals surface area contributed by atoms with Crippen molar-refractivity contribution < 1.29 is 56.8 Å². The number of hydrogen-bond acceptors (Lipinski definition) is 11. The number of aliphatic hydroxyl groups is 3. The molecule has 12 nitrogen and oxygen atoms in total. The van der Waals surface area contributed by atoms with Gasteiger partial charge in [0.2, 0.25) is 0 Å². The molecule has 13 heteroatoms. The number of rotatable bonds is 18. The number of unbranched alkanes of at least 4 members (excludes halogenated alkanes) is 6. The smallest absolute Gasteiger partial charge is 0.306 e. The summed E-state index contributed by atoms with van der Waals surface area (Å²) in [7, 11) is -4.57. The van der Waals surface area contributed by atoms with Crippen molar-refractivity contribution in [2.75, 3.05) is 19.0 Å². The number of ether oxygens (including phenoxy) is 4. The molecular weight excluding hydrogens is 500 g/mol. The Morgan fingerprint density at radius 3 is 2.06 bits per heavy atom. The van der Waals surface area contributed by atoms with Gasteiger partial charge >= 0.3 is 11.9 Å². The zero-order valence-corrected chi connectivity index (χ0v) is 21.9. The van der Waals surface area contributed by atoms with Crippen LogP contribution < -0.4 is 0 Å². The van der Waals surface area contributed by atoms with E-state index in [9.17, 15) is 33.3 Å². The minimum Gasteiger partial charge on any atom is -0.462 e. The van der Waals surface area contributed by atoms with Crippen LogP contribution in [0.5, 0.6) is 0 Å². The molecule has 1 aliphatic rings. The molecule has 0 radical (unpaired) electrons. The van der Waals surface area contributed by atoms with E-state index >= 15 is 0 Å². The van der Waals surface area contributed by atoms with Gasteiger partial charge in [-0.3, -0.25) is 14.1 Å². The van der Waals surface area contributed by atoms with Gasteiger partial charge in [-0.15, -0.1) is 0 Å². The molecule has 0 bridgehead atoms. The van der Waals surface area contributed by atoms with Gasteiger partial charge in [-0.1, -0.05) is 52.4 Å². The van der Waals surface area contributed by atoms with E-state index in [-0.39, 0.29) is 19.4 Å². The second-order valence-corrected chi connectivity index (χ2v) is 10.5. The molecule has 1 aliphatic heterocycles. The monoisotopic (exact) mass is 542 g/mol. The average Bonchev–Trinajstić information content (AvgIpc) is 2.81. The average molecular weight is 543 g/mol. The quantitative estimate of drug-likeness (QED) is 0.110. The van der Waals surface area contributed by atoms with Gasteiger partial charge in [-0.25, -0.2) is 0 Å². The molecule has 1 rings (SSSR count). The highest BCUT2D eigenvalue weighted by molar-refractivity contribution is 7.85. The molecule has 0 aromatic carbocycles. The van der Waals surface area contributed by atoms with E-state index in [1.165, 1.54) is 0 Å². The Kier molecular flexibility index (Phi) is 15.6. The molecule has 0 aromatic rings. The van der Waals surface area contributed by atoms with Crippen LogP contribution in [-0.4, -0.2) is 96.0 Å². The lowest BCUT2D eigenvalue weighted by atomic mass is 10.00. The van der Waals surface area contributed by atoms with E-state index in [1.807, 2.05) is 6.92 Å². The lowest BCUT2D eigenvalue weighted by molar-refractivity contribution is -0.297. The summed E-state index contributed by atoms with van der Waals surface area (Å²) >= 11 is 0. The molecule has 0 spiro atoms. The SMILES string of the molecule is CCCCCCCC(=O)OC[C@H](CO[C@@H]1O[C@H](CS(=O)(=O)O)[C@@H](O)[C@H](O)[C@H]1O)OC(=O)CCCCC. The molecule has 0 saturated carbocycles. The molecule has 4 N–H and O–H groups in total. The van der Waals surface area contributed by atoms with E-state index in [2.05, 4.69) is 6.92 Å². The molecular formula is C23H42O12S. The third-order valence-corrected chi connectivity index (χ3v) is 6.44. The minimum absolute atomic E-state index is 0.152. The minimum atomic E-state index is -4.57. The molecule has 212 valence electrons. The first-order chi connectivity index (χ1) is 17.0. The molecule has 1 heterocycles. The summed E-state index contributed by atoms with van der Waals surface area (Å²) in [4.78, 5) is 24.3. The van der Waals surface area contributed by atoms with E-state index in [0.29, 0.717) is 12.8 Å². The maximum atomic E-state index is 12.2. The summed E-state index contributed by atoms with van der Waals surface area (Å²) in [6, 6.07) is 0. The van der Waals surface area contributed by atoms with E-state index < -0.39 is 71.2 Å². The molecule has 36 heavy (non-hydrogen) atoms. The largest absolute Gasteiger partial charge is 0.462 e. The Labute approximate surface area is 213 Å². The topological polar surface area (TPSA) is 186 Å². The molecule has 0 amide bonds. The first kappa shape index (κ1) is 32.7. The van der Waals surface area contributed by atoms with E-state index in [1.54, 1.807) is 0 Å². The summed E-state index contributed by atoms with van der Waals surface area (Å²) in [5.41, 5.74) is 0.